The summed E-state index contributed by atoms with van der Waals surface area (Å²) in [4.78, 5) is 36.0. The SMILES string of the molecule is CC/C=C\C/C=C\C/C=C\C/C=C\C/C=C\C/C=C\C/C=C\C/C=C\C/C=C\CCCCCCCCCC(=O)OC(COC(=O)CCCCCCCCCCCCCCCCCCCCCCCCCCCCCCCCCCCCCCC)COP(=O)(O)OCC[N+](C)(C)C. The molecule has 0 aliphatic heterocycles. The van der Waals surface area contributed by atoms with E-state index in [-0.39, 0.29) is 32.0 Å². The van der Waals surface area contributed by atoms with Crippen molar-refractivity contribution in [2.45, 2.75) is 380 Å². The van der Waals surface area contributed by atoms with Gasteiger partial charge in [-0.3, -0.25) is 18.6 Å². The maximum Gasteiger partial charge on any atom is 0.472 e. The van der Waals surface area contributed by atoms with Crippen LogP contribution in [0.4, 0.5) is 0 Å². The van der Waals surface area contributed by atoms with Gasteiger partial charge in [0.2, 0.25) is 0 Å². The number of likely N-dealkylation sites (N-methyl/N-ethyl adjacent to an activating group) is 1. The third-order valence-electron chi connectivity index (χ3n) is 17.8. The molecule has 10 heteroatoms. The lowest BCUT2D eigenvalue weighted by molar-refractivity contribution is -0.870. The van der Waals surface area contributed by atoms with Gasteiger partial charge in [0.15, 0.2) is 6.10 Å². The standard InChI is InChI=1S/C86H154NO8P/c1-6-8-10-12-14-16-18-20-22-24-26-28-30-32-34-36-38-40-42-43-45-46-48-50-52-54-56-58-60-62-64-66-68-70-72-74-76-78-85(88)92-82-84(83-94-96(90,91)93-81-80-87(3,4)5)95-86(89)79-77-75-73-71-69-67-65-63-61-59-57-55-53-51-49-47-44-41-39-37-35-33-31-29-27-25-23-21-19-17-15-13-11-9-7-2/h9,11,15,17,21,23,27,29,33,35,39,41,47,49,53,55,59,61,84H,6-8,10,12-14,16,18-20,22,24-26,28,30-32,34,36-38,40,42-46,48,50-52,54,56-58,60,62-83H2,1-5H3/p+1/b11-9-,17-15-,23-21-,29-27-,35-33-,41-39-,49-47-,55-53-,61-59-. The van der Waals surface area contributed by atoms with Crippen molar-refractivity contribution in [2.24, 2.45) is 0 Å². The Kier molecular flexibility index (Phi) is 73.2. The molecule has 0 rings (SSSR count). The zero-order valence-electron chi connectivity index (χ0n) is 63.6. The summed E-state index contributed by atoms with van der Waals surface area (Å²) < 4.78 is 34.8. The number of phosphoric acid groups is 1. The van der Waals surface area contributed by atoms with Crippen LogP contribution >= 0.6 is 7.82 Å². The molecule has 0 spiro atoms. The molecular weight excluding hydrogens is 1210 g/mol. The van der Waals surface area contributed by atoms with Crippen LogP contribution in [0.1, 0.15) is 373 Å². The second-order valence-electron chi connectivity index (χ2n) is 28.4. The fourth-order valence-corrected chi connectivity index (χ4v) is 12.4. The van der Waals surface area contributed by atoms with Crippen LogP contribution in [0.5, 0.6) is 0 Å². The highest BCUT2D eigenvalue weighted by Gasteiger charge is 2.27. The zero-order chi connectivity index (χ0) is 69.7. The Morgan fingerprint density at radius 2 is 0.594 bits per heavy atom. The number of esters is 2. The average Bonchev–Trinajstić information content (AvgIpc) is 2.74. The van der Waals surface area contributed by atoms with Gasteiger partial charge in [0.25, 0.3) is 0 Å². The minimum absolute atomic E-state index is 0.0259. The summed E-state index contributed by atoms with van der Waals surface area (Å²) in [5, 5.41) is 0. The van der Waals surface area contributed by atoms with Crippen molar-refractivity contribution in [1.82, 2.24) is 0 Å². The summed E-state index contributed by atoms with van der Waals surface area (Å²) >= 11 is 0. The van der Waals surface area contributed by atoms with Crippen LogP contribution in [0.3, 0.4) is 0 Å². The highest BCUT2D eigenvalue weighted by atomic mass is 31.2. The van der Waals surface area contributed by atoms with Crippen molar-refractivity contribution in [1.29, 1.82) is 0 Å². The highest BCUT2D eigenvalue weighted by Crippen LogP contribution is 2.43. The fourth-order valence-electron chi connectivity index (χ4n) is 11.7. The van der Waals surface area contributed by atoms with Gasteiger partial charge in [0.05, 0.1) is 27.7 Å². The first-order valence-corrected chi connectivity index (χ1v) is 42.1. The maximum atomic E-state index is 12.9. The lowest BCUT2D eigenvalue weighted by atomic mass is 10.0. The topological polar surface area (TPSA) is 108 Å². The summed E-state index contributed by atoms with van der Waals surface area (Å²) in [6.45, 7) is 4.35. The number of hydrogen-bond acceptors (Lipinski definition) is 7. The summed E-state index contributed by atoms with van der Waals surface area (Å²) in [5.74, 6) is -0.801. The van der Waals surface area contributed by atoms with E-state index in [1.807, 2.05) is 21.1 Å². The van der Waals surface area contributed by atoms with E-state index < -0.39 is 26.5 Å². The van der Waals surface area contributed by atoms with E-state index in [1.165, 1.54) is 238 Å². The first-order chi connectivity index (χ1) is 47.0. The Hall–Kier alpha value is -3.33. The molecule has 556 valence electrons. The molecule has 2 unspecified atom stereocenters. The molecular formula is C86H155NO8P+. The molecule has 0 aromatic heterocycles. The van der Waals surface area contributed by atoms with Gasteiger partial charge in [-0.05, 0) is 83.5 Å². The van der Waals surface area contributed by atoms with Crippen LogP contribution in [-0.2, 0) is 32.7 Å². The second-order valence-corrected chi connectivity index (χ2v) is 29.9. The Morgan fingerprint density at radius 1 is 0.333 bits per heavy atom. The van der Waals surface area contributed by atoms with E-state index in [4.69, 9.17) is 18.5 Å². The normalized spacial score (nSPS) is 13.6. The minimum atomic E-state index is -4.40. The summed E-state index contributed by atoms with van der Waals surface area (Å²) in [6.07, 6.45) is 108. The lowest BCUT2D eigenvalue weighted by Crippen LogP contribution is -2.37. The number of carbonyl (C=O) groups is 2. The van der Waals surface area contributed by atoms with Crippen LogP contribution in [0.2, 0.25) is 0 Å². The van der Waals surface area contributed by atoms with Gasteiger partial charge < -0.3 is 18.9 Å². The molecule has 0 radical (unpaired) electrons. The van der Waals surface area contributed by atoms with E-state index in [0.717, 1.165) is 103 Å². The average molecular weight is 1360 g/mol. The second kappa shape index (κ2) is 75.9. The van der Waals surface area contributed by atoms with Crippen LogP contribution in [-0.4, -0.2) is 74.9 Å². The van der Waals surface area contributed by atoms with Gasteiger partial charge in [-0.2, -0.15) is 0 Å². The maximum absolute atomic E-state index is 12.9. The predicted octanol–water partition coefficient (Wildman–Crippen LogP) is 27.2. The van der Waals surface area contributed by atoms with E-state index in [0.29, 0.717) is 17.4 Å². The van der Waals surface area contributed by atoms with E-state index in [2.05, 4.69) is 123 Å². The van der Waals surface area contributed by atoms with Crippen molar-refractivity contribution in [2.75, 3.05) is 47.5 Å². The Labute approximate surface area is 595 Å². The molecule has 0 aromatic carbocycles. The highest BCUT2D eigenvalue weighted by molar-refractivity contribution is 7.47. The molecule has 96 heavy (non-hydrogen) atoms. The quantitative estimate of drug-likeness (QED) is 0.0211. The number of rotatable bonds is 75. The number of hydrogen-bond donors (Lipinski definition) is 1. The fraction of sp³-hybridized carbons (Fsp3) is 0.767. The van der Waals surface area contributed by atoms with Gasteiger partial charge in [-0.15, -0.1) is 0 Å². The first kappa shape index (κ1) is 92.7. The van der Waals surface area contributed by atoms with Crippen LogP contribution in [0, 0.1) is 0 Å². The number of unbranched alkanes of at least 4 members (excludes halogenated alkanes) is 43. The van der Waals surface area contributed by atoms with Gasteiger partial charge >= 0.3 is 19.8 Å². The Balaban J connectivity index is 3.99. The molecule has 0 saturated heterocycles. The predicted molar refractivity (Wildman–Crippen MR) is 418 cm³/mol. The molecule has 1 N–H and O–H groups in total. The molecule has 0 heterocycles. The number of nitrogens with zero attached hydrogens (tertiary/aromatic N) is 1. The molecule has 0 bridgehead atoms. The van der Waals surface area contributed by atoms with Crippen molar-refractivity contribution in [3.8, 4) is 0 Å². The van der Waals surface area contributed by atoms with Crippen molar-refractivity contribution < 1.29 is 42.1 Å². The lowest BCUT2D eigenvalue weighted by Gasteiger charge is -2.24. The molecule has 0 fully saturated rings. The van der Waals surface area contributed by atoms with E-state index in [9.17, 15) is 19.0 Å². The molecule has 0 aliphatic carbocycles. The molecule has 0 aliphatic rings. The number of allylic oxidation sites excluding steroid dienone is 18. The smallest absolute Gasteiger partial charge is 0.462 e. The molecule has 9 nitrogen and oxygen atoms in total. The van der Waals surface area contributed by atoms with Gasteiger partial charge in [0.1, 0.15) is 19.8 Å². The van der Waals surface area contributed by atoms with E-state index in [1.54, 1.807) is 0 Å². The number of phosphoric ester groups is 1. The van der Waals surface area contributed by atoms with Gasteiger partial charge in [-0.1, -0.05) is 386 Å². The molecule has 0 saturated carbocycles. The van der Waals surface area contributed by atoms with Gasteiger partial charge in [0, 0.05) is 12.8 Å². The van der Waals surface area contributed by atoms with Crippen LogP contribution in [0.15, 0.2) is 109 Å². The van der Waals surface area contributed by atoms with Crippen LogP contribution in [0.25, 0.3) is 0 Å². The minimum Gasteiger partial charge on any atom is -0.462 e. The largest absolute Gasteiger partial charge is 0.472 e. The van der Waals surface area contributed by atoms with E-state index >= 15 is 0 Å². The van der Waals surface area contributed by atoms with Crippen molar-refractivity contribution >= 4 is 19.8 Å². The molecule has 0 amide bonds. The zero-order valence-corrected chi connectivity index (χ0v) is 64.5. The van der Waals surface area contributed by atoms with Gasteiger partial charge in [-0.25, -0.2) is 4.57 Å². The number of carbonyl (C=O) groups excluding carboxylic acids is 2. The van der Waals surface area contributed by atoms with Crippen molar-refractivity contribution in [3.63, 3.8) is 0 Å². The summed E-state index contributed by atoms with van der Waals surface area (Å²) in [7, 11) is 1.47. The first-order valence-electron chi connectivity index (χ1n) is 40.6. The monoisotopic (exact) mass is 1360 g/mol. The van der Waals surface area contributed by atoms with Crippen molar-refractivity contribution in [3.05, 3.63) is 109 Å². The number of quaternary nitrogens is 1. The summed E-state index contributed by atoms with van der Waals surface area (Å²) in [6, 6.07) is 0. The Bertz CT molecular complexity index is 1990. The Morgan fingerprint density at radius 3 is 0.885 bits per heavy atom. The van der Waals surface area contributed by atoms with Crippen LogP contribution < -0.4 is 0 Å². The third-order valence-corrected chi connectivity index (χ3v) is 18.8. The molecule has 0 aromatic rings. The summed E-state index contributed by atoms with van der Waals surface area (Å²) in [5.41, 5.74) is 0. The molecule has 2 atom stereocenters. The number of ether oxygens (including phenoxy) is 2. The third kappa shape index (κ3) is 79.7.